The van der Waals surface area contributed by atoms with Crippen LogP contribution in [0.1, 0.15) is 37.7 Å². The van der Waals surface area contributed by atoms with E-state index in [4.69, 9.17) is 11.6 Å². The summed E-state index contributed by atoms with van der Waals surface area (Å²) in [5, 5.41) is 10.4. The van der Waals surface area contributed by atoms with Crippen LogP contribution in [0.25, 0.3) is 12.2 Å². The minimum Gasteiger partial charge on any atom is -0.507 e. The Bertz CT molecular complexity index is 1230. The molecular weight excluding hydrogens is 368 g/mol. The van der Waals surface area contributed by atoms with Crippen LogP contribution in [0.3, 0.4) is 0 Å². The van der Waals surface area contributed by atoms with Crippen LogP contribution in [-0.4, -0.2) is 25.0 Å². The zero-order valence-electron chi connectivity index (χ0n) is 15.1. The van der Waals surface area contributed by atoms with E-state index in [1.54, 1.807) is 6.33 Å². The molecule has 0 saturated heterocycles. The quantitative estimate of drug-likeness (QED) is 0.528. The average molecular weight is 387 g/mol. The molecule has 0 spiro atoms. The first-order valence-electron chi connectivity index (χ1n) is 8.23. The summed E-state index contributed by atoms with van der Waals surface area (Å²) in [7, 11) is 0. The third-order valence-electron chi connectivity index (χ3n) is 3.97. The lowest BCUT2D eigenvalue weighted by molar-refractivity contribution is 0.474. The Kier molecular flexibility index (Phi) is 4.80. The fourth-order valence-corrected chi connectivity index (χ4v) is 2.82. The molecule has 0 aliphatic heterocycles. The minimum absolute atomic E-state index is 0.00721. The summed E-state index contributed by atoms with van der Waals surface area (Å²) in [5.41, 5.74) is 0.559. The van der Waals surface area contributed by atoms with E-state index in [1.807, 2.05) is 20.8 Å². The summed E-state index contributed by atoms with van der Waals surface area (Å²) < 4.78 is 0. The number of hydrogen-bond donors (Lipinski definition) is 4. The molecule has 0 amide bonds. The zero-order chi connectivity index (χ0) is 19.8. The normalized spacial score (nSPS) is 13.3. The number of hydrogen-bond acceptors (Lipinski definition) is 4. The molecule has 0 unspecified atom stereocenters. The number of aromatic nitrogens is 4. The standard InChI is InChI=1S/C19H19ClN4O3/c1-19(2,3)16-12(21-9-22-16)8-14-18(27)23-13(17(26)24-14)7-10-6-11(20)4-5-15(10)25/h4-9,25H,1-3H3,(H,21,22)(H,23,27)(H,24,26)/b13-7-,14-8-. The molecule has 4 N–H and O–H groups in total. The van der Waals surface area contributed by atoms with Gasteiger partial charge in [0, 0.05) is 21.7 Å². The Balaban J connectivity index is 2.16. The van der Waals surface area contributed by atoms with E-state index in [9.17, 15) is 14.7 Å². The van der Waals surface area contributed by atoms with Gasteiger partial charge < -0.3 is 20.1 Å². The van der Waals surface area contributed by atoms with E-state index < -0.39 is 11.1 Å². The van der Waals surface area contributed by atoms with Crippen molar-refractivity contribution in [3.63, 3.8) is 0 Å². The van der Waals surface area contributed by atoms with Crippen molar-refractivity contribution in [1.29, 1.82) is 0 Å². The largest absolute Gasteiger partial charge is 0.507 e. The summed E-state index contributed by atoms with van der Waals surface area (Å²) in [5.74, 6) is -0.0540. The van der Waals surface area contributed by atoms with Gasteiger partial charge in [0.25, 0.3) is 11.1 Å². The van der Waals surface area contributed by atoms with Gasteiger partial charge in [-0.2, -0.15) is 0 Å². The Morgan fingerprint density at radius 1 is 1.07 bits per heavy atom. The fraction of sp³-hybridized carbons (Fsp3) is 0.211. The lowest BCUT2D eigenvalue weighted by Gasteiger charge is -2.16. The monoisotopic (exact) mass is 386 g/mol. The molecule has 140 valence electrons. The van der Waals surface area contributed by atoms with Crippen molar-refractivity contribution in [3.05, 3.63) is 77.9 Å². The highest BCUT2D eigenvalue weighted by Crippen LogP contribution is 2.23. The van der Waals surface area contributed by atoms with Gasteiger partial charge in [-0.15, -0.1) is 0 Å². The summed E-state index contributed by atoms with van der Waals surface area (Å²) >= 11 is 5.91. The maximum Gasteiger partial charge on any atom is 0.272 e. The van der Waals surface area contributed by atoms with Gasteiger partial charge in [0.2, 0.25) is 0 Å². The van der Waals surface area contributed by atoms with Crippen LogP contribution in [0.4, 0.5) is 0 Å². The lowest BCUT2D eigenvalue weighted by atomic mass is 9.90. The Hall–Kier alpha value is -3.06. The molecule has 3 aromatic rings. The van der Waals surface area contributed by atoms with Crippen LogP contribution < -0.4 is 21.8 Å². The predicted octanol–water partition coefficient (Wildman–Crippen LogP) is 1.10. The van der Waals surface area contributed by atoms with Gasteiger partial charge in [0.05, 0.1) is 12.0 Å². The molecule has 3 rings (SSSR count). The summed E-state index contributed by atoms with van der Waals surface area (Å²) in [4.78, 5) is 37.2. The van der Waals surface area contributed by atoms with E-state index >= 15 is 0 Å². The van der Waals surface area contributed by atoms with Crippen LogP contribution in [0.5, 0.6) is 5.75 Å². The fourth-order valence-electron chi connectivity index (χ4n) is 2.64. The number of imidazole rings is 1. The van der Waals surface area contributed by atoms with E-state index in [0.717, 1.165) is 5.69 Å². The molecule has 0 atom stereocenters. The number of nitrogens with zero attached hydrogens (tertiary/aromatic N) is 1. The van der Waals surface area contributed by atoms with Crippen LogP contribution >= 0.6 is 11.6 Å². The topological polar surface area (TPSA) is 115 Å². The molecule has 0 aliphatic rings. The molecule has 0 fully saturated rings. The van der Waals surface area contributed by atoms with Gasteiger partial charge in [0.1, 0.15) is 16.4 Å². The highest BCUT2D eigenvalue weighted by molar-refractivity contribution is 6.30. The molecule has 0 saturated carbocycles. The van der Waals surface area contributed by atoms with Crippen molar-refractivity contribution < 1.29 is 5.11 Å². The number of halogens is 1. The SMILES string of the molecule is CC(C)(C)c1[nH]cnc1/C=c1\[nH]c(=O)/c(=C/c2cc(Cl)ccc2O)[nH]c1=O. The predicted molar refractivity (Wildman–Crippen MR) is 104 cm³/mol. The lowest BCUT2D eigenvalue weighted by Crippen LogP contribution is -2.46. The second-order valence-electron chi connectivity index (χ2n) is 7.14. The van der Waals surface area contributed by atoms with Crippen molar-refractivity contribution >= 4 is 23.8 Å². The molecule has 2 heterocycles. The van der Waals surface area contributed by atoms with Crippen LogP contribution in [0.15, 0.2) is 34.1 Å². The van der Waals surface area contributed by atoms with Gasteiger partial charge in [-0.05, 0) is 30.4 Å². The summed E-state index contributed by atoms with van der Waals surface area (Å²) in [6.07, 6.45) is 4.43. The summed E-state index contributed by atoms with van der Waals surface area (Å²) in [6.45, 7) is 6.04. The Morgan fingerprint density at radius 3 is 2.33 bits per heavy atom. The number of benzene rings is 1. The maximum atomic E-state index is 12.4. The second-order valence-corrected chi connectivity index (χ2v) is 7.58. The van der Waals surface area contributed by atoms with Crippen molar-refractivity contribution in [2.75, 3.05) is 0 Å². The molecule has 8 heteroatoms. The smallest absolute Gasteiger partial charge is 0.272 e. The number of phenols is 1. The van der Waals surface area contributed by atoms with E-state index in [0.29, 0.717) is 16.3 Å². The first kappa shape index (κ1) is 18.7. The average Bonchev–Trinajstić information content (AvgIpc) is 3.04. The molecule has 7 nitrogen and oxygen atoms in total. The number of phenolic OH excluding ortho intramolecular Hbond substituents is 1. The van der Waals surface area contributed by atoms with Crippen molar-refractivity contribution in [2.45, 2.75) is 26.2 Å². The molecule has 27 heavy (non-hydrogen) atoms. The van der Waals surface area contributed by atoms with Crippen molar-refractivity contribution in [3.8, 4) is 5.75 Å². The maximum absolute atomic E-state index is 12.4. The third-order valence-corrected chi connectivity index (χ3v) is 4.21. The number of aromatic hydroxyl groups is 1. The van der Waals surface area contributed by atoms with Crippen molar-refractivity contribution in [2.24, 2.45) is 0 Å². The van der Waals surface area contributed by atoms with Crippen molar-refractivity contribution in [1.82, 2.24) is 19.9 Å². The Labute approximate surface area is 159 Å². The second kappa shape index (κ2) is 6.92. The molecule has 2 aromatic heterocycles. The first-order valence-corrected chi connectivity index (χ1v) is 8.61. The van der Waals surface area contributed by atoms with Gasteiger partial charge >= 0.3 is 0 Å². The molecule has 1 aromatic carbocycles. The molecule has 0 bridgehead atoms. The van der Waals surface area contributed by atoms with Gasteiger partial charge in [-0.1, -0.05) is 32.4 Å². The van der Waals surface area contributed by atoms with E-state index in [2.05, 4.69) is 19.9 Å². The number of H-pyrrole nitrogens is 3. The van der Waals surface area contributed by atoms with Gasteiger partial charge in [-0.3, -0.25) is 9.59 Å². The van der Waals surface area contributed by atoms with Crippen LogP contribution in [-0.2, 0) is 5.41 Å². The third kappa shape index (κ3) is 4.03. The zero-order valence-corrected chi connectivity index (χ0v) is 15.8. The number of nitrogens with one attached hydrogen (secondary N) is 3. The highest BCUT2D eigenvalue weighted by Gasteiger charge is 2.19. The van der Waals surface area contributed by atoms with Gasteiger partial charge in [0.15, 0.2) is 0 Å². The van der Waals surface area contributed by atoms with E-state index in [1.165, 1.54) is 30.4 Å². The molecule has 0 aliphatic carbocycles. The summed E-state index contributed by atoms with van der Waals surface area (Å²) in [6, 6.07) is 4.43. The molecular formula is C19H19ClN4O3. The Morgan fingerprint density at radius 2 is 1.70 bits per heavy atom. The molecule has 0 radical (unpaired) electrons. The van der Waals surface area contributed by atoms with Crippen LogP contribution in [0.2, 0.25) is 5.02 Å². The van der Waals surface area contributed by atoms with E-state index in [-0.39, 0.29) is 21.9 Å². The number of aromatic amines is 3. The van der Waals surface area contributed by atoms with Crippen LogP contribution in [0, 0.1) is 0 Å². The van der Waals surface area contributed by atoms with Gasteiger partial charge in [-0.25, -0.2) is 4.98 Å². The highest BCUT2D eigenvalue weighted by atomic mass is 35.5. The number of rotatable bonds is 2. The first-order chi connectivity index (χ1) is 12.6. The minimum atomic E-state index is -0.506.